The highest BCUT2D eigenvalue weighted by Gasteiger charge is 2.34. The van der Waals surface area contributed by atoms with E-state index >= 15 is 0 Å². The summed E-state index contributed by atoms with van der Waals surface area (Å²) in [6, 6.07) is 0. The number of hydrogen-bond acceptors (Lipinski definition) is 4. The maximum absolute atomic E-state index is 11.5. The number of carbonyl (C=O) groups excluding carboxylic acids is 1. The molecule has 1 saturated heterocycles. The van der Waals surface area contributed by atoms with Gasteiger partial charge >= 0.3 is 5.97 Å². The first-order chi connectivity index (χ1) is 7.56. The SMILES string of the molecule is Cc1cnc(CN2CC(C(=O)O)CC2=O)s1. The second kappa shape index (κ2) is 4.21. The van der Waals surface area contributed by atoms with Crippen LogP contribution >= 0.6 is 11.3 Å². The van der Waals surface area contributed by atoms with Crippen LogP contribution in [0, 0.1) is 12.8 Å². The lowest BCUT2D eigenvalue weighted by atomic mass is 10.1. The van der Waals surface area contributed by atoms with E-state index in [2.05, 4.69) is 4.98 Å². The molecular weight excluding hydrogens is 228 g/mol. The standard InChI is InChI=1S/C10H12N2O3S/c1-6-3-11-8(16-6)5-12-4-7(10(14)15)2-9(12)13/h3,7H,2,4-5H2,1H3,(H,14,15). The summed E-state index contributed by atoms with van der Waals surface area (Å²) in [6.45, 7) is 2.68. The van der Waals surface area contributed by atoms with E-state index in [0.29, 0.717) is 13.1 Å². The Hall–Kier alpha value is -1.43. The van der Waals surface area contributed by atoms with Gasteiger partial charge in [-0.2, -0.15) is 0 Å². The first kappa shape index (κ1) is 11.1. The van der Waals surface area contributed by atoms with Crippen molar-refractivity contribution in [1.82, 2.24) is 9.88 Å². The van der Waals surface area contributed by atoms with Gasteiger partial charge in [-0.05, 0) is 6.92 Å². The Bertz CT molecular complexity index is 429. The Morgan fingerprint density at radius 2 is 2.50 bits per heavy atom. The maximum Gasteiger partial charge on any atom is 0.308 e. The molecule has 0 aliphatic carbocycles. The topological polar surface area (TPSA) is 70.5 Å². The molecule has 1 unspecified atom stereocenters. The summed E-state index contributed by atoms with van der Waals surface area (Å²) in [4.78, 5) is 29.1. The minimum Gasteiger partial charge on any atom is -0.481 e. The fraction of sp³-hybridized carbons (Fsp3) is 0.500. The lowest BCUT2D eigenvalue weighted by molar-refractivity contribution is -0.141. The third kappa shape index (κ3) is 2.21. The third-order valence-electron chi connectivity index (χ3n) is 2.56. The maximum atomic E-state index is 11.5. The van der Waals surface area contributed by atoms with Crippen molar-refractivity contribution in [3.8, 4) is 0 Å². The number of aryl methyl sites for hydroxylation is 1. The highest BCUT2D eigenvalue weighted by Crippen LogP contribution is 2.21. The summed E-state index contributed by atoms with van der Waals surface area (Å²) in [5.41, 5.74) is 0. The van der Waals surface area contributed by atoms with Crippen molar-refractivity contribution in [2.75, 3.05) is 6.54 Å². The zero-order chi connectivity index (χ0) is 11.7. The molecule has 0 aromatic carbocycles. The summed E-state index contributed by atoms with van der Waals surface area (Å²) < 4.78 is 0. The number of aromatic nitrogens is 1. The Balaban J connectivity index is 2.01. The van der Waals surface area contributed by atoms with E-state index in [-0.39, 0.29) is 12.3 Å². The zero-order valence-electron chi connectivity index (χ0n) is 8.84. The molecule has 86 valence electrons. The monoisotopic (exact) mass is 240 g/mol. The van der Waals surface area contributed by atoms with E-state index < -0.39 is 11.9 Å². The average Bonchev–Trinajstić information content (AvgIpc) is 2.75. The molecule has 0 saturated carbocycles. The lowest BCUT2D eigenvalue weighted by Crippen LogP contribution is -2.25. The van der Waals surface area contributed by atoms with Crippen molar-refractivity contribution < 1.29 is 14.7 Å². The number of carbonyl (C=O) groups is 2. The first-order valence-corrected chi connectivity index (χ1v) is 5.80. The predicted octanol–water partition coefficient (Wildman–Crippen LogP) is 0.885. The fourth-order valence-electron chi connectivity index (χ4n) is 1.73. The molecule has 0 spiro atoms. The number of carboxylic acid groups (broad SMARTS) is 1. The Kier molecular flexibility index (Phi) is 2.91. The van der Waals surface area contributed by atoms with Gasteiger partial charge in [0.2, 0.25) is 5.91 Å². The van der Waals surface area contributed by atoms with E-state index in [0.717, 1.165) is 9.88 Å². The van der Waals surface area contributed by atoms with Crippen LogP contribution in [0.4, 0.5) is 0 Å². The summed E-state index contributed by atoms with van der Waals surface area (Å²) in [6.07, 6.45) is 1.87. The minimum absolute atomic E-state index is 0.0970. The van der Waals surface area contributed by atoms with Crippen molar-refractivity contribution in [2.45, 2.75) is 19.9 Å². The molecule has 1 N–H and O–H groups in total. The summed E-state index contributed by atoms with van der Waals surface area (Å²) >= 11 is 1.53. The van der Waals surface area contributed by atoms with E-state index in [1.54, 1.807) is 11.1 Å². The summed E-state index contributed by atoms with van der Waals surface area (Å²) in [5.74, 6) is -1.56. The molecule has 2 rings (SSSR count). The van der Waals surface area contributed by atoms with Crippen LogP contribution in [0.15, 0.2) is 6.20 Å². The molecule has 0 radical (unpaired) electrons. The number of rotatable bonds is 3. The van der Waals surface area contributed by atoms with E-state index in [4.69, 9.17) is 5.11 Å². The van der Waals surface area contributed by atoms with Crippen molar-refractivity contribution in [1.29, 1.82) is 0 Å². The highest BCUT2D eigenvalue weighted by atomic mass is 32.1. The van der Waals surface area contributed by atoms with Gasteiger partial charge in [-0.1, -0.05) is 0 Å². The minimum atomic E-state index is -0.897. The highest BCUT2D eigenvalue weighted by molar-refractivity contribution is 7.11. The van der Waals surface area contributed by atoms with Gasteiger partial charge < -0.3 is 10.0 Å². The second-order valence-corrected chi connectivity index (χ2v) is 5.20. The van der Waals surface area contributed by atoms with Crippen molar-refractivity contribution >= 4 is 23.2 Å². The smallest absolute Gasteiger partial charge is 0.308 e. The van der Waals surface area contributed by atoms with Gasteiger partial charge in [-0.25, -0.2) is 4.98 Å². The zero-order valence-corrected chi connectivity index (χ0v) is 9.66. The molecule has 1 atom stereocenters. The van der Waals surface area contributed by atoms with Gasteiger partial charge in [0.15, 0.2) is 0 Å². The van der Waals surface area contributed by atoms with Crippen LogP contribution < -0.4 is 0 Å². The molecular formula is C10H12N2O3S. The largest absolute Gasteiger partial charge is 0.481 e. The van der Waals surface area contributed by atoms with Crippen LogP contribution in [0.3, 0.4) is 0 Å². The molecule has 0 bridgehead atoms. The molecule has 1 aromatic rings. The molecule has 1 aliphatic heterocycles. The van der Waals surface area contributed by atoms with Crippen LogP contribution in [0.25, 0.3) is 0 Å². The van der Waals surface area contributed by atoms with Gasteiger partial charge in [0.05, 0.1) is 12.5 Å². The van der Waals surface area contributed by atoms with Gasteiger partial charge in [0, 0.05) is 24.0 Å². The van der Waals surface area contributed by atoms with Crippen LogP contribution in [0.1, 0.15) is 16.3 Å². The predicted molar refractivity (Wildman–Crippen MR) is 58.0 cm³/mol. The van der Waals surface area contributed by atoms with Gasteiger partial charge in [-0.15, -0.1) is 11.3 Å². The molecule has 5 nitrogen and oxygen atoms in total. The van der Waals surface area contributed by atoms with Crippen molar-refractivity contribution in [2.24, 2.45) is 5.92 Å². The normalized spacial score (nSPS) is 20.4. The van der Waals surface area contributed by atoms with E-state index in [1.165, 1.54) is 11.3 Å². The Morgan fingerprint density at radius 1 is 1.75 bits per heavy atom. The number of aliphatic carboxylic acids is 1. The number of thiazole rings is 1. The molecule has 1 fully saturated rings. The van der Waals surface area contributed by atoms with E-state index in [1.807, 2.05) is 6.92 Å². The van der Waals surface area contributed by atoms with Crippen LogP contribution in [0.5, 0.6) is 0 Å². The summed E-state index contributed by atoms with van der Waals surface area (Å²) in [7, 11) is 0. The van der Waals surface area contributed by atoms with Crippen molar-refractivity contribution in [3.63, 3.8) is 0 Å². The summed E-state index contributed by atoms with van der Waals surface area (Å²) in [5, 5.41) is 9.69. The lowest BCUT2D eigenvalue weighted by Gasteiger charge is -2.13. The number of nitrogens with zero attached hydrogens (tertiary/aromatic N) is 2. The van der Waals surface area contributed by atoms with Gasteiger partial charge in [-0.3, -0.25) is 9.59 Å². The van der Waals surface area contributed by atoms with Gasteiger partial charge in [0.25, 0.3) is 0 Å². The molecule has 2 heterocycles. The number of amides is 1. The Morgan fingerprint density at radius 3 is 3.00 bits per heavy atom. The molecule has 1 amide bonds. The number of likely N-dealkylation sites (tertiary alicyclic amines) is 1. The third-order valence-corrected chi connectivity index (χ3v) is 3.46. The average molecular weight is 240 g/mol. The van der Waals surface area contributed by atoms with E-state index in [9.17, 15) is 9.59 Å². The Labute approximate surface area is 96.7 Å². The van der Waals surface area contributed by atoms with Gasteiger partial charge in [0.1, 0.15) is 5.01 Å². The fourth-order valence-corrected chi connectivity index (χ4v) is 2.53. The number of carboxylic acids is 1. The molecule has 6 heteroatoms. The van der Waals surface area contributed by atoms with Crippen LogP contribution in [-0.2, 0) is 16.1 Å². The first-order valence-electron chi connectivity index (χ1n) is 4.98. The van der Waals surface area contributed by atoms with Crippen molar-refractivity contribution in [3.05, 3.63) is 16.1 Å². The number of hydrogen-bond donors (Lipinski definition) is 1. The molecule has 16 heavy (non-hydrogen) atoms. The molecule has 1 aliphatic rings. The quantitative estimate of drug-likeness (QED) is 0.851. The second-order valence-electron chi connectivity index (χ2n) is 3.88. The molecule has 1 aromatic heterocycles. The van der Waals surface area contributed by atoms with Crippen LogP contribution in [0.2, 0.25) is 0 Å². The van der Waals surface area contributed by atoms with Crippen LogP contribution in [-0.4, -0.2) is 33.4 Å².